The first-order valence-corrected chi connectivity index (χ1v) is 6.09. The summed E-state index contributed by atoms with van der Waals surface area (Å²) in [5.41, 5.74) is 1.66. The van der Waals surface area contributed by atoms with Gasteiger partial charge in [-0.3, -0.25) is 0 Å². The van der Waals surface area contributed by atoms with E-state index in [0.717, 1.165) is 24.4 Å². The maximum atomic E-state index is 13.3. The van der Waals surface area contributed by atoms with Crippen LogP contribution in [0.5, 0.6) is 0 Å². The molecule has 2 rings (SSSR count). The molecular weight excluding hydrogens is 229 g/mol. The number of rotatable bonds is 5. The van der Waals surface area contributed by atoms with Crippen molar-refractivity contribution in [3.63, 3.8) is 0 Å². The lowest BCUT2D eigenvalue weighted by Crippen LogP contribution is -2.18. The van der Waals surface area contributed by atoms with Gasteiger partial charge in [-0.05, 0) is 24.1 Å². The molecule has 4 heteroatoms. The Morgan fingerprint density at radius 1 is 1.39 bits per heavy atom. The first-order chi connectivity index (χ1) is 8.66. The van der Waals surface area contributed by atoms with Gasteiger partial charge in [0, 0.05) is 39.0 Å². The summed E-state index contributed by atoms with van der Waals surface area (Å²) in [5.74, 6) is 0.913. The van der Waals surface area contributed by atoms with Gasteiger partial charge in [-0.1, -0.05) is 12.1 Å². The molecule has 0 saturated heterocycles. The minimum Gasteiger partial charge on any atom is -0.338 e. The van der Waals surface area contributed by atoms with Gasteiger partial charge < -0.3 is 9.88 Å². The van der Waals surface area contributed by atoms with E-state index in [2.05, 4.69) is 10.3 Å². The van der Waals surface area contributed by atoms with E-state index in [1.807, 2.05) is 29.9 Å². The molecule has 3 nitrogen and oxygen atoms in total. The zero-order chi connectivity index (χ0) is 13.0. The first kappa shape index (κ1) is 12.8. The molecule has 0 unspecified atom stereocenters. The second-order valence-corrected chi connectivity index (χ2v) is 4.46. The molecule has 0 aliphatic heterocycles. The fraction of sp³-hybridized carbons (Fsp3) is 0.357. The van der Waals surface area contributed by atoms with Gasteiger partial charge in [0.2, 0.25) is 0 Å². The Labute approximate surface area is 107 Å². The summed E-state index contributed by atoms with van der Waals surface area (Å²) in [6, 6.07) is 5.35. The molecule has 2 aromatic rings. The average Bonchev–Trinajstić information content (AvgIpc) is 2.75. The third-order valence-corrected chi connectivity index (χ3v) is 3.01. The largest absolute Gasteiger partial charge is 0.338 e. The SMILES string of the molecule is Cc1ccc(CNCCc2nccn2C)cc1F. The number of aromatic nitrogens is 2. The Bertz CT molecular complexity index is 520. The maximum absolute atomic E-state index is 13.3. The Kier molecular flexibility index (Phi) is 4.10. The molecule has 0 bridgehead atoms. The van der Waals surface area contributed by atoms with Gasteiger partial charge in [-0.25, -0.2) is 9.37 Å². The molecule has 0 atom stereocenters. The summed E-state index contributed by atoms with van der Waals surface area (Å²) in [6.45, 7) is 3.29. The van der Waals surface area contributed by atoms with Crippen LogP contribution in [0, 0.1) is 12.7 Å². The van der Waals surface area contributed by atoms with Crippen molar-refractivity contribution in [2.75, 3.05) is 6.54 Å². The van der Waals surface area contributed by atoms with Crippen LogP contribution < -0.4 is 5.32 Å². The van der Waals surface area contributed by atoms with E-state index in [1.54, 1.807) is 19.2 Å². The molecule has 0 aliphatic carbocycles. The van der Waals surface area contributed by atoms with Crippen molar-refractivity contribution in [2.24, 2.45) is 7.05 Å². The number of halogens is 1. The Morgan fingerprint density at radius 2 is 2.22 bits per heavy atom. The zero-order valence-corrected chi connectivity index (χ0v) is 10.8. The summed E-state index contributed by atoms with van der Waals surface area (Å²) < 4.78 is 15.3. The third-order valence-electron chi connectivity index (χ3n) is 3.01. The monoisotopic (exact) mass is 247 g/mol. The lowest BCUT2D eigenvalue weighted by molar-refractivity contribution is 0.609. The Morgan fingerprint density at radius 3 is 2.89 bits per heavy atom. The van der Waals surface area contributed by atoms with Crippen molar-refractivity contribution in [3.8, 4) is 0 Å². The van der Waals surface area contributed by atoms with E-state index < -0.39 is 0 Å². The van der Waals surface area contributed by atoms with Crippen LogP contribution in [-0.4, -0.2) is 16.1 Å². The number of hydrogen-bond donors (Lipinski definition) is 1. The molecule has 0 aliphatic rings. The van der Waals surface area contributed by atoms with E-state index in [4.69, 9.17) is 0 Å². The molecule has 1 aromatic carbocycles. The Hall–Kier alpha value is -1.68. The number of hydrogen-bond acceptors (Lipinski definition) is 2. The highest BCUT2D eigenvalue weighted by molar-refractivity contribution is 5.23. The van der Waals surface area contributed by atoms with Crippen molar-refractivity contribution < 1.29 is 4.39 Å². The summed E-state index contributed by atoms with van der Waals surface area (Å²) in [4.78, 5) is 4.25. The summed E-state index contributed by atoms with van der Waals surface area (Å²) in [7, 11) is 1.98. The number of aryl methyl sites for hydroxylation is 2. The second-order valence-electron chi connectivity index (χ2n) is 4.46. The van der Waals surface area contributed by atoms with E-state index in [1.165, 1.54) is 0 Å². The van der Waals surface area contributed by atoms with Crippen LogP contribution in [0.4, 0.5) is 4.39 Å². The molecule has 0 saturated carbocycles. The smallest absolute Gasteiger partial charge is 0.126 e. The van der Waals surface area contributed by atoms with Crippen molar-refractivity contribution in [3.05, 3.63) is 53.4 Å². The molecule has 0 amide bonds. The van der Waals surface area contributed by atoms with Gasteiger partial charge in [0.15, 0.2) is 0 Å². The molecular formula is C14H18FN3. The molecule has 0 spiro atoms. The minimum absolute atomic E-state index is 0.140. The van der Waals surface area contributed by atoms with Gasteiger partial charge in [0.05, 0.1) is 0 Å². The van der Waals surface area contributed by atoms with Crippen LogP contribution >= 0.6 is 0 Å². The van der Waals surface area contributed by atoms with E-state index in [0.29, 0.717) is 12.1 Å². The summed E-state index contributed by atoms with van der Waals surface area (Å²) in [5, 5.41) is 3.29. The van der Waals surface area contributed by atoms with Crippen LogP contribution in [-0.2, 0) is 20.0 Å². The van der Waals surface area contributed by atoms with Crippen LogP contribution in [0.2, 0.25) is 0 Å². The first-order valence-electron chi connectivity index (χ1n) is 6.09. The predicted molar refractivity (Wildman–Crippen MR) is 69.8 cm³/mol. The van der Waals surface area contributed by atoms with Crippen molar-refractivity contribution >= 4 is 0 Å². The zero-order valence-electron chi connectivity index (χ0n) is 10.8. The van der Waals surface area contributed by atoms with Crippen molar-refractivity contribution in [1.82, 2.24) is 14.9 Å². The standard InChI is InChI=1S/C14H18FN3/c1-11-3-4-12(9-13(11)15)10-16-6-5-14-17-7-8-18(14)2/h3-4,7-9,16H,5-6,10H2,1-2H3. The summed E-state index contributed by atoms with van der Waals surface area (Å²) >= 11 is 0. The van der Waals surface area contributed by atoms with E-state index in [9.17, 15) is 4.39 Å². The maximum Gasteiger partial charge on any atom is 0.126 e. The molecule has 1 aromatic heterocycles. The average molecular weight is 247 g/mol. The predicted octanol–water partition coefficient (Wildman–Crippen LogP) is 2.20. The third kappa shape index (κ3) is 3.17. The fourth-order valence-electron chi connectivity index (χ4n) is 1.82. The number of nitrogens with one attached hydrogen (secondary N) is 1. The molecule has 1 N–H and O–H groups in total. The van der Waals surface area contributed by atoms with Crippen LogP contribution in [0.1, 0.15) is 17.0 Å². The topological polar surface area (TPSA) is 29.9 Å². The lowest BCUT2D eigenvalue weighted by Gasteiger charge is -2.06. The molecule has 1 heterocycles. The van der Waals surface area contributed by atoms with Crippen LogP contribution in [0.3, 0.4) is 0 Å². The lowest BCUT2D eigenvalue weighted by atomic mass is 10.1. The van der Waals surface area contributed by atoms with Crippen LogP contribution in [0.25, 0.3) is 0 Å². The molecule has 96 valence electrons. The highest BCUT2D eigenvalue weighted by atomic mass is 19.1. The highest BCUT2D eigenvalue weighted by Gasteiger charge is 2.01. The second kappa shape index (κ2) is 5.78. The molecule has 0 fully saturated rings. The van der Waals surface area contributed by atoms with Gasteiger partial charge in [-0.2, -0.15) is 0 Å². The highest BCUT2D eigenvalue weighted by Crippen LogP contribution is 2.08. The number of nitrogens with zero attached hydrogens (tertiary/aromatic N) is 2. The summed E-state index contributed by atoms with van der Waals surface area (Å²) in [6.07, 6.45) is 4.60. The van der Waals surface area contributed by atoms with Gasteiger partial charge in [0.25, 0.3) is 0 Å². The van der Waals surface area contributed by atoms with Crippen LogP contribution in [0.15, 0.2) is 30.6 Å². The van der Waals surface area contributed by atoms with Crippen molar-refractivity contribution in [2.45, 2.75) is 19.9 Å². The number of imidazole rings is 1. The van der Waals surface area contributed by atoms with Crippen molar-refractivity contribution in [1.29, 1.82) is 0 Å². The molecule has 18 heavy (non-hydrogen) atoms. The van der Waals surface area contributed by atoms with Gasteiger partial charge in [0.1, 0.15) is 11.6 Å². The van der Waals surface area contributed by atoms with E-state index >= 15 is 0 Å². The number of benzene rings is 1. The van der Waals surface area contributed by atoms with Gasteiger partial charge in [-0.15, -0.1) is 0 Å². The van der Waals surface area contributed by atoms with E-state index in [-0.39, 0.29) is 5.82 Å². The normalized spacial score (nSPS) is 10.8. The Balaban J connectivity index is 1.78. The molecule has 0 radical (unpaired) electrons. The van der Waals surface area contributed by atoms with Gasteiger partial charge >= 0.3 is 0 Å². The fourth-order valence-corrected chi connectivity index (χ4v) is 1.82. The quantitative estimate of drug-likeness (QED) is 0.821. The minimum atomic E-state index is -0.140.